The summed E-state index contributed by atoms with van der Waals surface area (Å²) in [6.07, 6.45) is 1.40. The second-order valence-corrected chi connectivity index (χ2v) is 5.22. The average molecular weight is 206 g/mol. The van der Waals surface area contributed by atoms with Crippen LogP contribution in [0, 0.1) is 22.7 Å². The highest BCUT2D eigenvalue weighted by Gasteiger charge is 2.27. The summed E-state index contributed by atoms with van der Waals surface area (Å²) in [5.41, 5.74) is 7.62. The van der Waals surface area contributed by atoms with Gasteiger partial charge in [0.05, 0.1) is 0 Å². The Bertz CT molecular complexity index is 344. The van der Waals surface area contributed by atoms with Crippen molar-refractivity contribution in [1.82, 2.24) is 0 Å². The van der Waals surface area contributed by atoms with Crippen LogP contribution in [0.15, 0.2) is 0 Å². The average Bonchev–Trinajstić information content (AvgIpc) is 2.01. The molecule has 0 aromatic heterocycles. The normalized spacial score (nSPS) is 11.0. The van der Waals surface area contributed by atoms with Gasteiger partial charge in [-0.3, -0.25) is 4.79 Å². The van der Waals surface area contributed by atoms with E-state index in [2.05, 4.69) is 16.6 Å². The first-order chi connectivity index (χ1) is 6.69. The van der Waals surface area contributed by atoms with Crippen molar-refractivity contribution in [3.63, 3.8) is 0 Å². The van der Waals surface area contributed by atoms with E-state index in [0.717, 1.165) is 6.21 Å². The van der Waals surface area contributed by atoms with Gasteiger partial charge in [0.15, 0.2) is 0 Å². The lowest BCUT2D eigenvalue weighted by molar-refractivity contribution is -0.123. The second kappa shape index (κ2) is 4.91. The van der Waals surface area contributed by atoms with Crippen LogP contribution in [-0.2, 0) is 4.79 Å². The van der Waals surface area contributed by atoms with E-state index in [1.165, 1.54) is 0 Å². The molecule has 3 nitrogen and oxygen atoms in total. The van der Waals surface area contributed by atoms with Crippen molar-refractivity contribution in [2.24, 2.45) is 10.8 Å². The Morgan fingerprint density at radius 1 is 1.33 bits per heavy atom. The fourth-order valence-corrected chi connectivity index (χ4v) is 0.845. The molecular formula is C12H18N2O. The van der Waals surface area contributed by atoms with Crippen LogP contribution in [0.5, 0.6) is 0 Å². The molecule has 0 amide bonds. The largest absolute Gasteiger partial charge is 0.361 e. The lowest BCUT2D eigenvalue weighted by Crippen LogP contribution is -2.25. The molecule has 0 N–H and O–H groups in total. The van der Waals surface area contributed by atoms with Crippen LogP contribution in [0.4, 0.5) is 0 Å². The maximum absolute atomic E-state index is 11.4. The number of hydrogen-bond donors (Lipinski definition) is 0. The molecule has 0 radical (unpaired) electrons. The third-order valence-corrected chi connectivity index (χ3v) is 1.84. The highest BCUT2D eigenvalue weighted by atomic mass is 16.1. The van der Waals surface area contributed by atoms with Crippen LogP contribution in [0.1, 0.15) is 41.0 Å². The summed E-state index contributed by atoms with van der Waals surface area (Å²) in [5, 5.41) is 0. The molecule has 0 rings (SSSR count). The van der Waals surface area contributed by atoms with Gasteiger partial charge < -0.3 is 5.53 Å². The summed E-state index contributed by atoms with van der Waals surface area (Å²) in [5.74, 6) is 5.84. The number of rotatable bonds is 3. The van der Waals surface area contributed by atoms with Gasteiger partial charge in [0.2, 0.25) is 5.78 Å². The molecule has 0 bridgehead atoms. The Kier molecular flexibility index (Phi) is 4.45. The van der Waals surface area contributed by atoms with Gasteiger partial charge in [-0.2, -0.15) is 4.79 Å². The molecule has 0 spiro atoms. The standard InChI is InChI=1S/C12H18N2O/c1-11(2,3)7-6-8-12(4,5)10(15)9-14-13/h9H,8H2,1-5H3. The second-order valence-electron chi connectivity index (χ2n) is 5.22. The molecule has 3 heteroatoms. The predicted octanol–water partition coefficient (Wildman–Crippen LogP) is 2.32. The topological polar surface area (TPSA) is 53.5 Å². The first-order valence-corrected chi connectivity index (χ1v) is 4.91. The lowest BCUT2D eigenvalue weighted by Gasteiger charge is -2.15. The Morgan fingerprint density at radius 2 is 1.87 bits per heavy atom. The smallest absolute Gasteiger partial charge is 0.323 e. The van der Waals surface area contributed by atoms with Crippen molar-refractivity contribution in [3.05, 3.63) is 5.53 Å². The maximum Gasteiger partial charge on any atom is 0.323 e. The van der Waals surface area contributed by atoms with Crippen LogP contribution >= 0.6 is 0 Å². The van der Waals surface area contributed by atoms with Gasteiger partial charge in [0.25, 0.3) is 0 Å². The molecular weight excluding hydrogens is 188 g/mol. The molecule has 0 saturated heterocycles. The SMILES string of the molecule is CC(C)(C)C#CCC(C)(C)C(=O)C=[N+]=[N-]. The monoisotopic (exact) mass is 206 g/mol. The van der Waals surface area contributed by atoms with Crippen molar-refractivity contribution in [1.29, 1.82) is 0 Å². The van der Waals surface area contributed by atoms with E-state index in [4.69, 9.17) is 5.53 Å². The number of carbonyl (C=O) groups excluding carboxylic acids is 1. The molecule has 0 heterocycles. The number of carbonyl (C=O) groups is 1. The molecule has 0 aliphatic carbocycles. The zero-order valence-electron chi connectivity index (χ0n) is 10.1. The summed E-state index contributed by atoms with van der Waals surface area (Å²) >= 11 is 0. The van der Waals surface area contributed by atoms with Gasteiger partial charge in [-0.05, 0) is 20.8 Å². The Hall–Kier alpha value is -1.39. The molecule has 0 aromatic rings. The van der Waals surface area contributed by atoms with E-state index in [-0.39, 0.29) is 11.2 Å². The summed E-state index contributed by atoms with van der Waals surface area (Å²) in [6.45, 7) is 9.63. The van der Waals surface area contributed by atoms with Gasteiger partial charge in [0, 0.05) is 17.3 Å². The summed E-state index contributed by atoms with van der Waals surface area (Å²) < 4.78 is 0. The number of Topliss-reactive ketones (excluding diaryl/α,β-unsaturated/α-hetero) is 1. The van der Waals surface area contributed by atoms with Crippen molar-refractivity contribution in [3.8, 4) is 11.8 Å². The molecule has 0 aliphatic heterocycles. The summed E-state index contributed by atoms with van der Waals surface area (Å²) in [7, 11) is 0. The van der Waals surface area contributed by atoms with E-state index in [1.54, 1.807) is 13.8 Å². The molecule has 0 aliphatic rings. The van der Waals surface area contributed by atoms with Crippen molar-refractivity contribution in [2.75, 3.05) is 0 Å². The first-order valence-electron chi connectivity index (χ1n) is 4.91. The molecule has 0 fully saturated rings. The number of nitrogens with zero attached hydrogens (tertiary/aromatic N) is 2. The predicted molar refractivity (Wildman–Crippen MR) is 60.3 cm³/mol. The van der Waals surface area contributed by atoms with Crippen molar-refractivity contribution >= 4 is 12.0 Å². The minimum absolute atomic E-state index is 0.0514. The summed E-state index contributed by atoms with van der Waals surface area (Å²) in [4.78, 5) is 14.2. The third-order valence-electron chi connectivity index (χ3n) is 1.84. The van der Waals surface area contributed by atoms with Crippen LogP contribution in [-0.4, -0.2) is 16.8 Å². The maximum atomic E-state index is 11.4. The molecule has 82 valence electrons. The fourth-order valence-electron chi connectivity index (χ4n) is 0.845. The van der Waals surface area contributed by atoms with Crippen molar-refractivity contribution < 1.29 is 9.58 Å². The van der Waals surface area contributed by atoms with E-state index in [9.17, 15) is 4.79 Å². The van der Waals surface area contributed by atoms with Crippen LogP contribution in [0.25, 0.3) is 5.53 Å². The first kappa shape index (κ1) is 13.6. The van der Waals surface area contributed by atoms with Gasteiger partial charge in [-0.1, -0.05) is 19.8 Å². The minimum Gasteiger partial charge on any atom is -0.361 e. The van der Waals surface area contributed by atoms with E-state index in [1.807, 2.05) is 20.8 Å². The summed E-state index contributed by atoms with van der Waals surface area (Å²) in [6, 6.07) is 0. The van der Waals surface area contributed by atoms with Crippen molar-refractivity contribution in [2.45, 2.75) is 41.0 Å². The fraction of sp³-hybridized carbons (Fsp3) is 0.667. The van der Waals surface area contributed by atoms with Gasteiger partial charge >= 0.3 is 6.21 Å². The lowest BCUT2D eigenvalue weighted by atomic mass is 9.84. The number of hydrogen-bond acceptors (Lipinski definition) is 1. The van der Waals surface area contributed by atoms with E-state index >= 15 is 0 Å². The third kappa shape index (κ3) is 5.83. The Balaban J connectivity index is 4.57. The highest BCUT2D eigenvalue weighted by molar-refractivity contribution is 6.27. The molecule has 0 atom stereocenters. The Morgan fingerprint density at radius 3 is 2.27 bits per heavy atom. The Labute approximate surface area is 91.5 Å². The molecule has 0 saturated carbocycles. The molecule has 0 aromatic carbocycles. The van der Waals surface area contributed by atoms with E-state index < -0.39 is 5.41 Å². The van der Waals surface area contributed by atoms with Gasteiger partial charge in [-0.25, -0.2) is 0 Å². The highest BCUT2D eigenvalue weighted by Crippen LogP contribution is 2.20. The zero-order valence-corrected chi connectivity index (χ0v) is 10.1. The quantitative estimate of drug-likeness (QED) is 0.302. The molecule has 15 heavy (non-hydrogen) atoms. The van der Waals surface area contributed by atoms with E-state index in [0.29, 0.717) is 6.42 Å². The van der Waals surface area contributed by atoms with Crippen LogP contribution in [0.2, 0.25) is 0 Å². The van der Waals surface area contributed by atoms with Crippen LogP contribution in [0.3, 0.4) is 0 Å². The minimum atomic E-state index is -0.593. The zero-order chi connectivity index (χ0) is 12.1. The molecule has 0 unspecified atom stereocenters. The van der Waals surface area contributed by atoms with Gasteiger partial charge in [-0.15, -0.1) is 5.92 Å². The van der Waals surface area contributed by atoms with Gasteiger partial charge in [0.1, 0.15) is 0 Å². The number of ketones is 1. The van der Waals surface area contributed by atoms with Crippen LogP contribution < -0.4 is 0 Å².